The maximum Gasteiger partial charge on any atom is 0.416 e. The Morgan fingerprint density at radius 3 is 2.44 bits per heavy atom. The van der Waals surface area contributed by atoms with E-state index in [4.69, 9.17) is 0 Å². The highest BCUT2D eigenvalue weighted by atomic mass is 19.4. The molecule has 1 N–H and O–H groups in total. The Labute approximate surface area is 155 Å². The summed E-state index contributed by atoms with van der Waals surface area (Å²) in [7, 11) is 0. The minimum Gasteiger partial charge on any atom is -0.357 e. The molecule has 1 aromatic heterocycles. The minimum atomic E-state index is -4.38. The van der Waals surface area contributed by atoms with Crippen molar-refractivity contribution in [1.29, 1.82) is 0 Å². The van der Waals surface area contributed by atoms with Gasteiger partial charge in [0.15, 0.2) is 0 Å². The van der Waals surface area contributed by atoms with Crippen LogP contribution >= 0.6 is 0 Å². The molecule has 1 aromatic carbocycles. The normalized spacial score (nSPS) is 14.9. The van der Waals surface area contributed by atoms with Crippen LogP contribution in [0.4, 0.5) is 19.0 Å². The average molecular weight is 378 g/mol. The van der Waals surface area contributed by atoms with Gasteiger partial charge in [-0.15, -0.1) is 0 Å². The van der Waals surface area contributed by atoms with Crippen molar-refractivity contribution in [2.24, 2.45) is 0 Å². The number of alkyl halides is 3. The summed E-state index contributed by atoms with van der Waals surface area (Å²) in [5.74, 6) is 1.08. The van der Waals surface area contributed by atoms with Gasteiger partial charge in [0.1, 0.15) is 11.6 Å². The zero-order valence-corrected chi connectivity index (χ0v) is 14.8. The summed E-state index contributed by atoms with van der Waals surface area (Å²) in [6.45, 7) is 2.12. The van der Waals surface area contributed by atoms with Gasteiger partial charge in [-0.05, 0) is 43.0 Å². The summed E-state index contributed by atoms with van der Waals surface area (Å²) in [6.07, 6.45) is 0.816. The zero-order valence-electron chi connectivity index (χ0n) is 14.8. The van der Waals surface area contributed by atoms with Crippen molar-refractivity contribution in [3.05, 3.63) is 53.5 Å². The van der Waals surface area contributed by atoms with Crippen molar-refractivity contribution in [3.63, 3.8) is 0 Å². The number of carbonyl (C=O) groups excluding carboxylic acids is 1. The summed E-state index contributed by atoms with van der Waals surface area (Å²) in [5, 5.41) is 2.72. The number of halogens is 3. The molecule has 1 aliphatic rings. The zero-order chi connectivity index (χ0) is 19.3. The van der Waals surface area contributed by atoms with E-state index >= 15 is 0 Å². The molecule has 1 amide bonds. The number of aromatic nitrogens is 2. The summed E-state index contributed by atoms with van der Waals surface area (Å²) in [6, 6.07) is 6.45. The maximum absolute atomic E-state index is 12.6. The number of rotatable bonds is 5. The third-order valence-electron chi connectivity index (χ3n) is 4.46. The van der Waals surface area contributed by atoms with Crippen LogP contribution in [0.3, 0.4) is 0 Å². The third-order valence-corrected chi connectivity index (χ3v) is 4.46. The largest absolute Gasteiger partial charge is 0.416 e. The van der Waals surface area contributed by atoms with E-state index in [9.17, 15) is 18.0 Å². The van der Waals surface area contributed by atoms with Crippen molar-refractivity contribution in [1.82, 2.24) is 15.3 Å². The molecule has 0 unspecified atom stereocenters. The third kappa shape index (κ3) is 5.42. The summed E-state index contributed by atoms with van der Waals surface area (Å²) < 4.78 is 37.7. The average Bonchev–Trinajstić information content (AvgIpc) is 2.67. The first-order chi connectivity index (χ1) is 12.9. The Kier molecular flexibility index (Phi) is 5.93. The predicted octanol–water partition coefficient (Wildman–Crippen LogP) is 3.34. The van der Waals surface area contributed by atoms with Crippen LogP contribution in [0.5, 0.6) is 0 Å². The van der Waals surface area contributed by atoms with Gasteiger partial charge in [-0.25, -0.2) is 9.97 Å². The molecule has 3 rings (SSSR count). The summed E-state index contributed by atoms with van der Waals surface area (Å²) in [4.78, 5) is 22.9. The smallest absolute Gasteiger partial charge is 0.357 e. The quantitative estimate of drug-likeness (QED) is 0.867. The van der Waals surface area contributed by atoms with Gasteiger partial charge in [0.2, 0.25) is 5.91 Å². The summed E-state index contributed by atoms with van der Waals surface area (Å²) >= 11 is 0. The lowest BCUT2D eigenvalue weighted by Gasteiger charge is -2.27. The molecule has 144 valence electrons. The Bertz CT molecular complexity index is 771. The second-order valence-corrected chi connectivity index (χ2v) is 6.53. The molecule has 0 radical (unpaired) electrons. The molecule has 1 fully saturated rings. The van der Waals surface area contributed by atoms with Gasteiger partial charge in [-0.2, -0.15) is 13.2 Å². The highest BCUT2D eigenvalue weighted by Gasteiger charge is 2.29. The van der Waals surface area contributed by atoms with E-state index in [0.717, 1.165) is 43.9 Å². The molecule has 8 heteroatoms. The van der Waals surface area contributed by atoms with Gasteiger partial charge in [0, 0.05) is 19.3 Å². The van der Waals surface area contributed by atoms with E-state index < -0.39 is 11.7 Å². The molecular weight excluding hydrogens is 357 g/mol. The van der Waals surface area contributed by atoms with E-state index in [1.165, 1.54) is 18.6 Å². The topological polar surface area (TPSA) is 58.1 Å². The van der Waals surface area contributed by atoms with E-state index in [0.29, 0.717) is 11.4 Å². The second kappa shape index (κ2) is 8.37. The molecule has 0 spiro atoms. The second-order valence-electron chi connectivity index (χ2n) is 6.53. The van der Waals surface area contributed by atoms with Gasteiger partial charge < -0.3 is 10.2 Å². The fraction of sp³-hybridized carbons (Fsp3) is 0.421. The van der Waals surface area contributed by atoms with Crippen LogP contribution in [0.15, 0.2) is 36.5 Å². The number of hydrogen-bond donors (Lipinski definition) is 1. The number of nitrogens with zero attached hydrogens (tertiary/aromatic N) is 3. The van der Waals surface area contributed by atoms with E-state index in [1.807, 2.05) is 6.07 Å². The van der Waals surface area contributed by atoms with E-state index in [1.54, 1.807) is 6.20 Å². The molecule has 0 atom stereocenters. The van der Waals surface area contributed by atoms with Crippen molar-refractivity contribution in [2.75, 3.05) is 18.0 Å². The van der Waals surface area contributed by atoms with Crippen LogP contribution in [-0.4, -0.2) is 29.0 Å². The molecule has 2 aromatic rings. The minimum absolute atomic E-state index is 0.00392. The molecule has 2 heterocycles. The SMILES string of the molecule is O=C(Cc1ccc(C(F)(F)F)cc1)NCc1nccc(N2CCCCC2)n1. The Hall–Kier alpha value is -2.64. The van der Waals surface area contributed by atoms with Crippen LogP contribution in [0.25, 0.3) is 0 Å². The lowest BCUT2D eigenvalue weighted by molar-refractivity contribution is -0.137. The van der Waals surface area contributed by atoms with Crippen molar-refractivity contribution in [3.8, 4) is 0 Å². The lowest BCUT2D eigenvalue weighted by atomic mass is 10.1. The first kappa shape index (κ1) is 19.1. The number of piperidine rings is 1. The fourth-order valence-electron chi connectivity index (χ4n) is 3.01. The van der Waals surface area contributed by atoms with Crippen LogP contribution in [0.2, 0.25) is 0 Å². The molecule has 1 aliphatic heterocycles. The van der Waals surface area contributed by atoms with Gasteiger partial charge in [-0.1, -0.05) is 12.1 Å². The van der Waals surface area contributed by atoms with Crippen molar-refractivity contribution < 1.29 is 18.0 Å². The molecule has 0 bridgehead atoms. The lowest BCUT2D eigenvalue weighted by Crippen LogP contribution is -2.31. The molecule has 1 saturated heterocycles. The maximum atomic E-state index is 12.6. The standard InChI is InChI=1S/C19H21F3N4O/c20-19(21,22)15-6-4-14(5-7-15)12-18(27)24-13-16-23-9-8-17(25-16)26-10-2-1-3-11-26/h4-9H,1-3,10-13H2,(H,24,27). The summed E-state index contributed by atoms with van der Waals surface area (Å²) in [5.41, 5.74) is -0.210. The van der Waals surface area contributed by atoms with Crippen LogP contribution in [0.1, 0.15) is 36.2 Å². The Morgan fingerprint density at radius 2 is 1.78 bits per heavy atom. The van der Waals surface area contributed by atoms with Crippen molar-refractivity contribution in [2.45, 2.75) is 38.4 Å². The highest BCUT2D eigenvalue weighted by molar-refractivity contribution is 5.78. The number of hydrogen-bond acceptors (Lipinski definition) is 4. The van der Waals surface area contributed by atoms with Crippen LogP contribution < -0.4 is 10.2 Å². The van der Waals surface area contributed by atoms with E-state index in [-0.39, 0.29) is 18.9 Å². The molecule has 27 heavy (non-hydrogen) atoms. The number of carbonyl (C=O) groups is 1. The number of nitrogens with one attached hydrogen (secondary N) is 1. The van der Waals surface area contributed by atoms with Gasteiger partial charge in [0.25, 0.3) is 0 Å². The first-order valence-corrected chi connectivity index (χ1v) is 8.91. The monoisotopic (exact) mass is 378 g/mol. The van der Waals surface area contributed by atoms with Crippen molar-refractivity contribution >= 4 is 11.7 Å². The first-order valence-electron chi connectivity index (χ1n) is 8.91. The Morgan fingerprint density at radius 1 is 1.07 bits per heavy atom. The number of anilines is 1. The molecular formula is C19H21F3N4O. The fourth-order valence-corrected chi connectivity index (χ4v) is 3.01. The van der Waals surface area contributed by atoms with Gasteiger partial charge >= 0.3 is 6.18 Å². The van der Waals surface area contributed by atoms with Crippen LogP contribution in [-0.2, 0) is 23.9 Å². The van der Waals surface area contributed by atoms with Gasteiger partial charge in [0.05, 0.1) is 18.5 Å². The van der Waals surface area contributed by atoms with Gasteiger partial charge in [-0.3, -0.25) is 4.79 Å². The number of amides is 1. The molecule has 0 saturated carbocycles. The predicted molar refractivity (Wildman–Crippen MR) is 95.1 cm³/mol. The van der Waals surface area contributed by atoms with Crippen LogP contribution in [0, 0.1) is 0 Å². The molecule has 5 nitrogen and oxygen atoms in total. The number of benzene rings is 1. The highest BCUT2D eigenvalue weighted by Crippen LogP contribution is 2.29. The van der Waals surface area contributed by atoms with E-state index in [2.05, 4.69) is 20.2 Å². The molecule has 0 aliphatic carbocycles. The Balaban J connectivity index is 1.53.